The van der Waals surface area contributed by atoms with E-state index in [-0.39, 0.29) is 34.8 Å². The Morgan fingerprint density at radius 1 is 1.19 bits per heavy atom. The fourth-order valence-corrected chi connectivity index (χ4v) is 8.04. The molecule has 0 unspecified atom stereocenters. The molecule has 0 aromatic heterocycles. The number of hydrogen-bond donors (Lipinski definition) is 0. The molecule has 2 saturated carbocycles. The fourth-order valence-electron chi connectivity index (χ4n) is 7.35. The first kappa shape index (κ1) is 23.2. The lowest BCUT2D eigenvalue weighted by molar-refractivity contribution is -0.187. The second-order valence-electron chi connectivity index (χ2n) is 10.4. The van der Waals surface area contributed by atoms with Crippen LogP contribution in [0.4, 0.5) is 0 Å². The molecule has 0 heterocycles. The highest BCUT2D eigenvalue weighted by Crippen LogP contribution is 2.68. The summed E-state index contributed by atoms with van der Waals surface area (Å²) in [5, 5.41) is 1.43. The van der Waals surface area contributed by atoms with Gasteiger partial charge in [-0.05, 0) is 80.3 Å². The van der Waals surface area contributed by atoms with E-state index in [2.05, 4.69) is 35.9 Å². The molecule has 31 heavy (non-hydrogen) atoms. The third kappa shape index (κ3) is 3.40. The van der Waals surface area contributed by atoms with Crippen LogP contribution in [0.2, 0.25) is 0 Å². The van der Waals surface area contributed by atoms with E-state index in [1.54, 1.807) is 13.0 Å². The summed E-state index contributed by atoms with van der Waals surface area (Å²) in [7, 11) is 0. The van der Waals surface area contributed by atoms with E-state index in [9.17, 15) is 14.4 Å². The molecule has 170 valence electrons. The predicted molar refractivity (Wildman–Crippen MR) is 124 cm³/mol. The number of hydrogen-bond acceptors (Lipinski definition) is 4. The summed E-state index contributed by atoms with van der Waals surface area (Å²) in [6.07, 6.45) is 9.51. The zero-order valence-corrected chi connectivity index (χ0v) is 21.0. The number of esters is 1. The topological polar surface area (TPSA) is 60.4 Å². The van der Waals surface area contributed by atoms with Crippen molar-refractivity contribution in [3.05, 3.63) is 22.8 Å². The van der Waals surface area contributed by atoms with Gasteiger partial charge in [-0.2, -0.15) is 0 Å². The molecule has 0 amide bonds. The van der Waals surface area contributed by atoms with Gasteiger partial charge in [0.2, 0.25) is 0 Å². The van der Waals surface area contributed by atoms with Crippen molar-refractivity contribution in [1.82, 2.24) is 0 Å². The van der Waals surface area contributed by atoms with Crippen molar-refractivity contribution in [2.24, 2.45) is 28.6 Å². The maximum atomic E-state index is 13.0. The monoisotopic (exact) mass is 510 g/mol. The first-order valence-electron chi connectivity index (χ1n) is 11.5. The van der Waals surface area contributed by atoms with Gasteiger partial charge in [-0.1, -0.05) is 47.5 Å². The van der Waals surface area contributed by atoms with E-state index in [0.717, 1.165) is 36.6 Å². The Hall–Kier alpha value is -0.940. The summed E-state index contributed by atoms with van der Waals surface area (Å²) in [4.78, 5) is 37.7. The summed E-state index contributed by atoms with van der Waals surface area (Å²) in [5.74, 6) is 0.681. The van der Waals surface area contributed by atoms with Crippen LogP contribution in [-0.4, -0.2) is 28.5 Å². The van der Waals surface area contributed by atoms with E-state index in [1.807, 2.05) is 0 Å². The Morgan fingerprint density at radius 3 is 2.58 bits per heavy atom. The predicted octanol–water partition coefficient (Wildman–Crippen LogP) is 5.91. The van der Waals surface area contributed by atoms with Crippen LogP contribution in [0.15, 0.2) is 22.8 Å². The standard InChI is InChI=1S/C25H32BrClO4/c1-15(28)25(31-22(30)5-4-12-26)11-8-19-17-14-21(27)20-13-16(29)6-9-23(20,2)18(17)7-10-24(19,25)3/h13-14,17-19H,4-12H2,1-3H3/t17-,18+,19+,23-,24+,25+/m1/s1. The van der Waals surface area contributed by atoms with Gasteiger partial charge in [0.05, 0.1) is 0 Å². The highest BCUT2D eigenvalue weighted by molar-refractivity contribution is 9.09. The first-order chi connectivity index (χ1) is 14.6. The van der Waals surface area contributed by atoms with Gasteiger partial charge in [-0.3, -0.25) is 14.4 Å². The molecule has 4 aliphatic rings. The summed E-state index contributed by atoms with van der Waals surface area (Å²) in [6, 6.07) is 0. The number of ether oxygens (including phenoxy) is 1. The van der Waals surface area contributed by atoms with Gasteiger partial charge in [0.25, 0.3) is 0 Å². The van der Waals surface area contributed by atoms with Gasteiger partial charge >= 0.3 is 5.97 Å². The Morgan fingerprint density at radius 2 is 1.90 bits per heavy atom. The molecular weight excluding hydrogens is 480 g/mol. The lowest BCUT2D eigenvalue weighted by Crippen LogP contribution is -2.58. The summed E-state index contributed by atoms with van der Waals surface area (Å²) in [6.45, 7) is 5.99. The number of alkyl halides is 1. The zero-order chi connectivity index (χ0) is 22.6. The number of ketones is 2. The van der Waals surface area contributed by atoms with E-state index in [1.165, 1.54) is 0 Å². The Labute approximate surface area is 198 Å². The number of allylic oxidation sites excluding steroid dienone is 4. The second kappa shape index (κ2) is 8.13. The molecule has 4 aliphatic carbocycles. The summed E-state index contributed by atoms with van der Waals surface area (Å²) in [5.41, 5.74) is -0.571. The van der Waals surface area contributed by atoms with Crippen LogP contribution in [0.25, 0.3) is 0 Å². The van der Waals surface area contributed by atoms with Crippen LogP contribution in [0.3, 0.4) is 0 Å². The van der Waals surface area contributed by atoms with E-state index in [4.69, 9.17) is 16.3 Å². The van der Waals surface area contributed by atoms with Crippen molar-refractivity contribution >= 4 is 45.1 Å². The smallest absolute Gasteiger partial charge is 0.306 e. The average Bonchev–Trinajstić information content (AvgIpc) is 3.01. The van der Waals surface area contributed by atoms with Crippen molar-refractivity contribution in [2.75, 3.05) is 5.33 Å². The Kier molecular flexibility index (Phi) is 6.09. The SMILES string of the molecule is CC(=O)[C@@]1(OC(=O)CCCBr)CC[C@H]2[C@@H]3C=C(Cl)C4=CC(=O)CC[C@]4(C)[C@H]3CC[C@@]21C. The highest BCUT2D eigenvalue weighted by Gasteiger charge is 2.67. The maximum absolute atomic E-state index is 13.0. The molecular formula is C25H32BrClO4. The van der Waals surface area contributed by atoms with Crippen LogP contribution in [-0.2, 0) is 19.1 Å². The van der Waals surface area contributed by atoms with Crippen LogP contribution >= 0.6 is 27.5 Å². The lowest BCUT2D eigenvalue weighted by Gasteiger charge is -2.57. The normalized spacial score (nSPS) is 41.5. The molecule has 0 spiro atoms. The third-order valence-corrected chi connectivity index (χ3v) is 9.94. The van der Waals surface area contributed by atoms with Gasteiger partial charge in [0.15, 0.2) is 17.2 Å². The van der Waals surface area contributed by atoms with Crippen molar-refractivity contribution in [1.29, 1.82) is 0 Å². The first-order valence-corrected chi connectivity index (χ1v) is 13.0. The Balaban J connectivity index is 1.71. The highest BCUT2D eigenvalue weighted by atomic mass is 79.9. The molecule has 0 saturated heterocycles. The molecule has 0 bridgehead atoms. The van der Waals surface area contributed by atoms with Crippen LogP contribution in [0.1, 0.15) is 72.1 Å². The molecule has 6 heteroatoms. The van der Waals surface area contributed by atoms with Gasteiger partial charge in [-0.25, -0.2) is 0 Å². The minimum absolute atomic E-state index is 0.0379. The van der Waals surface area contributed by atoms with E-state index >= 15 is 0 Å². The van der Waals surface area contributed by atoms with Crippen molar-refractivity contribution in [2.45, 2.75) is 77.7 Å². The molecule has 0 N–H and O–H groups in total. The molecule has 0 aromatic carbocycles. The van der Waals surface area contributed by atoms with Crippen LogP contribution < -0.4 is 0 Å². The minimum atomic E-state index is -1.05. The fraction of sp³-hybridized carbons (Fsp3) is 0.720. The molecule has 4 nitrogen and oxygen atoms in total. The average molecular weight is 512 g/mol. The molecule has 4 rings (SSSR count). The largest absolute Gasteiger partial charge is 0.450 e. The quantitative estimate of drug-likeness (QED) is 0.340. The minimum Gasteiger partial charge on any atom is -0.450 e. The van der Waals surface area contributed by atoms with Gasteiger partial charge < -0.3 is 4.74 Å². The lowest BCUT2D eigenvalue weighted by atomic mass is 9.48. The summed E-state index contributed by atoms with van der Waals surface area (Å²) >= 11 is 10.1. The second-order valence-corrected chi connectivity index (χ2v) is 11.6. The van der Waals surface area contributed by atoms with Gasteiger partial charge in [0, 0.05) is 28.6 Å². The number of Topliss-reactive ketones (excluding diaryl/α,β-unsaturated/α-hetero) is 1. The maximum Gasteiger partial charge on any atom is 0.306 e. The van der Waals surface area contributed by atoms with Crippen molar-refractivity contribution in [3.8, 4) is 0 Å². The molecule has 2 fully saturated rings. The van der Waals surface area contributed by atoms with Crippen molar-refractivity contribution < 1.29 is 19.1 Å². The number of fused-ring (bicyclic) bond motifs is 5. The number of rotatable bonds is 5. The Bertz CT molecular complexity index is 879. The van der Waals surface area contributed by atoms with Crippen LogP contribution in [0, 0.1) is 28.6 Å². The number of halogens is 2. The molecule has 0 radical (unpaired) electrons. The van der Waals surface area contributed by atoms with Gasteiger partial charge in [0.1, 0.15) is 0 Å². The molecule has 0 aliphatic heterocycles. The number of carbonyl (C=O) groups excluding carboxylic acids is 3. The number of carbonyl (C=O) groups is 3. The zero-order valence-electron chi connectivity index (χ0n) is 18.6. The summed E-state index contributed by atoms with van der Waals surface area (Å²) < 4.78 is 6.07. The molecule has 6 atom stereocenters. The van der Waals surface area contributed by atoms with Crippen molar-refractivity contribution in [3.63, 3.8) is 0 Å². The molecule has 0 aromatic rings. The third-order valence-electron chi connectivity index (χ3n) is 9.05. The van der Waals surface area contributed by atoms with E-state index in [0.29, 0.717) is 36.6 Å². The van der Waals surface area contributed by atoms with E-state index < -0.39 is 11.0 Å². The van der Waals surface area contributed by atoms with Crippen LogP contribution in [0.5, 0.6) is 0 Å². The van der Waals surface area contributed by atoms with Gasteiger partial charge in [-0.15, -0.1) is 0 Å².